The molecule has 5 nitrogen and oxygen atoms in total. The lowest BCUT2D eigenvalue weighted by atomic mass is 9.71. The van der Waals surface area contributed by atoms with Gasteiger partial charge in [-0.15, -0.1) is 0 Å². The third-order valence-corrected chi connectivity index (χ3v) is 8.42. The first kappa shape index (κ1) is 20.2. The molecule has 150 valence electrons. The quantitative estimate of drug-likeness (QED) is 0.663. The van der Waals surface area contributed by atoms with Gasteiger partial charge in [0, 0.05) is 30.7 Å². The van der Waals surface area contributed by atoms with Gasteiger partial charge in [0.15, 0.2) is 0 Å². The molecule has 1 spiro atoms. The van der Waals surface area contributed by atoms with Crippen LogP contribution in [0.4, 0.5) is 5.82 Å². The number of hydrogen-bond donors (Lipinski definition) is 1. The fourth-order valence-corrected chi connectivity index (χ4v) is 5.92. The van der Waals surface area contributed by atoms with E-state index >= 15 is 0 Å². The van der Waals surface area contributed by atoms with Crippen LogP contribution in [0.25, 0.3) is 0 Å². The molecule has 1 atom stereocenters. The van der Waals surface area contributed by atoms with Crippen molar-refractivity contribution in [1.82, 2.24) is 15.0 Å². The first-order chi connectivity index (χ1) is 13.5. The molecule has 1 aliphatic carbocycles. The summed E-state index contributed by atoms with van der Waals surface area (Å²) in [6.07, 6.45) is 10.1. The number of hydrogen-bond acceptors (Lipinski definition) is 6. The van der Waals surface area contributed by atoms with Crippen molar-refractivity contribution in [1.29, 1.82) is 0 Å². The summed E-state index contributed by atoms with van der Waals surface area (Å²) in [7, 11) is 0. The lowest BCUT2D eigenvalue weighted by Gasteiger charge is -2.42. The average molecular weight is 438 g/mol. The van der Waals surface area contributed by atoms with Gasteiger partial charge in [-0.05, 0) is 36.7 Å². The SMILES string of the molecule is C[C@@H]1CCCC12CCN(c1cnc(Sc3ccnc(Cl)c3Cl)c(CN)n1)CC2. The van der Waals surface area contributed by atoms with E-state index in [1.807, 2.05) is 12.3 Å². The molecule has 2 N–H and O–H groups in total. The van der Waals surface area contributed by atoms with Crippen molar-refractivity contribution in [3.05, 3.63) is 34.3 Å². The van der Waals surface area contributed by atoms with E-state index in [1.54, 1.807) is 6.20 Å². The Morgan fingerprint density at radius 3 is 2.71 bits per heavy atom. The molecule has 0 amide bonds. The Morgan fingerprint density at radius 1 is 1.25 bits per heavy atom. The van der Waals surface area contributed by atoms with E-state index in [0.29, 0.717) is 17.0 Å². The maximum atomic E-state index is 6.26. The number of halogens is 2. The zero-order valence-electron chi connectivity index (χ0n) is 16.0. The van der Waals surface area contributed by atoms with E-state index in [1.165, 1.54) is 43.9 Å². The van der Waals surface area contributed by atoms with Crippen molar-refractivity contribution in [2.24, 2.45) is 17.1 Å². The van der Waals surface area contributed by atoms with E-state index in [9.17, 15) is 0 Å². The predicted molar refractivity (Wildman–Crippen MR) is 115 cm³/mol. The van der Waals surface area contributed by atoms with Gasteiger partial charge >= 0.3 is 0 Å². The first-order valence-corrected chi connectivity index (χ1v) is 11.4. The van der Waals surface area contributed by atoms with Crippen LogP contribution < -0.4 is 10.6 Å². The third kappa shape index (κ3) is 3.84. The second kappa shape index (κ2) is 8.34. The monoisotopic (exact) mass is 437 g/mol. The van der Waals surface area contributed by atoms with Gasteiger partial charge in [-0.1, -0.05) is 54.7 Å². The van der Waals surface area contributed by atoms with E-state index < -0.39 is 0 Å². The molecule has 0 aromatic carbocycles. The summed E-state index contributed by atoms with van der Waals surface area (Å²) >= 11 is 13.7. The molecule has 2 aromatic heterocycles. The van der Waals surface area contributed by atoms with Gasteiger partial charge in [0.2, 0.25) is 0 Å². The number of piperidine rings is 1. The zero-order chi connectivity index (χ0) is 19.7. The highest BCUT2D eigenvalue weighted by molar-refractivity contribution is 7.99. The second-order valence-corrected chi connectivity index (χ2v) is 9.61. The minimum Gasteiger partial charge on any atom is -0.355 e. The maximum Gasteiger partial charge on any atom is 0.148 e. The molecule has 3 heterocycles. The molecule has 2 aromatic rings. The molecule has 4 rings (SSSR count). The van der Waals surface area contributed by atoms with E-state index in [4.69, 9.17) is 33.9 Å². The van der Waals surface area contributed by atoms with E-state index in [2.05, 4.69) is 21.8 Å². The molecule has 0 bridgehead atoms. The van der Waals surface area contributed by atoms with Crippen LogP contribution in [0.2, 0.25) is 10.2 Å². The number of nitrogens with two attached hydrogens (primary N) is 1. The molecule has 0 radical (unpaired) electrons. The predicted octanol–water partition coefficient (Wildman–Crippen LogP) is 5.19. The summed E-state index contributed by atoms with van der Waals surface area (Å²) in [4.78, 5) is 16.6. The summed E-state index contributed by atoms with van der Waals surface area (Å²) in [5, 5.41) is 1.47. The molecule has 1 aliphatic heterocycles. The molecule has 2 aliphatic rings. The molecular weight excluding hydrogens is 413 g/mol. The van der Waals surface area contributed by atoms with Crippen LogP contribution in [0.5, 0.6) is 0 Å². The molecule has 8 heteroatoms. The number of aromatic nitrogens is 3. The minimum atomic E-state index is 0.286. The molecule has 0 unspecified atom stereocenters. The lowest BCUT2D eigenvalue weighted by Crippen LogP contribution is -2.41. The molecule has 2 fully saturated rings. The summed E-state index contributed by atoms with van der Waals surface area (Å²) in [6.45, 7) is 4.84. The van der Waals surface area contributed by atoms with Crippen LogP contribution in [0.3, 0.4) is 0 Å². The van der Waals surface area contributed by atoms with Crippen LogP contribution in [0.15, 0.2) is 28.4 Å². The van der Waals surface area contributed by atoms with E-state index in [-0.39, 0.29) is 5.15 Å². The Hall–Kier alpha value is -1.08. The lowest BCUT2D eigenvalue weighted by molar-refractivity contribution is 0.161. The largest absolute Gasteiger partial charge is 0.355 e. The smallest absolute Gasteiger partial charge is 0.148 e. The molecular formula is C20H25Cl2N5S. The van der Waals surface area contributed by atoms with Crippen LogP contribution in [-0.4, -0.2) is 28.0 Å². The Labute approximate surface area is 180 Å². The molecule has 1 saturated carbocycles. The van der Waals surface area contributed by atoms with Crippen molar-refractivity contribution >= 4 is 40.8 Å². The van der Waals surface area contributed by atoms with Gasteiger partial charge in [-0.3, -0.25) is 0 Å². The van der Waals surface area contributed by atoms with Crippen molar-refractivity contribution in [3.8, 4) is 0 Å². The maximum absolute atomic E-state index is 6.26. The number of anilines is 1. The van der Waals surface area contributed by atoms with Gasteiger partial charge in [-0.25, -0.2) is 15.0 Å². The number of rotatable bonds is 4. The number of nitrogens with zero attached hydrogens (tertiary/aromatic N) is 4. The van der Waals surface area contributed by atoms with Gasteiger partial charge in [-0.2, -0.15) is 0 Å². The topological polar surface area (TPSA) is 67.9 Å². The highest BCUT2D eigenvalue weighted by atomic mass is 35.5. The Balaban J connectivity index is 1.50. The average Bonchev–Trinajstić information content (AvgIpc) is 3.06. The highest BCUT2D eigenvalue weighted by Gasteiger charge is 2.42. The van der Waals surface area contributed by atoms with Crippen LogP contribution in [-0.2, 0) is 6.54 Å². The summed E-state index contributed by atoms with van der Waals surface area (Å²) in [6, 6.07) is 1.82. The minimum absolute atomic E-state index is 0.286. The molecule has 28 heavy (non-hydrogen) atoms. The van der Waals surface area contributed by atoms with Gasteiger partial charge in [0.1, 0.15) is 16.0 Å². The summed E-state index contributed by atoms with van der Waals surface area (Å²) < 4.78 is 0. The second-order valence-electron chi connectivity index (χ2n) is 7.84. The standard InChI is InChI=1S/C20H25Cl2N5S/c1-13-3-2-5-20(13)6-9-27(10-7-20)16-12-25-19(14(11-23)26-16)28-15-4-8-24-18(22)17(15)21/h4,8,12-13H,2-3,5-7,9-11,23H2,1H3/t13-/m1/s1. The zero-order valence-corrected chi connectivity index (χ0v) is 18.3. The van der Waals surface area contributed by atoms with Crippen LogP contribution in [0, 0.1) is 11.3 Å². The summed E-state index contributed by atoms with van der Waals surface area (Å²) in [5.74, 6) is 1.76. The fourth-order valence-electron chi connectivity index (χ4n) is 4.60. The normalized spacial score (nSPS) is 21.4. The van der Waals surface area contributed by atoms with Gasteiger partial charge in [0.05, 0.1) is 16.9 Å². The highest BCUT2D eigenvalue weighted by Crippen LogP contribution is 2.50. The molecule has 1 saturated heterocycles. The summed E-state index contributed by atoms with van der Waals surface area (Å²) in [5.41, 5.74) is 7.31. The number of pyridine rings is 1. The van der Waals surface area contributed by atoms with Crippen LogP contribution >= 0.6 is 35.0 Å². The Morgan fingerprint density at radius 2 is 2.04 bits per heavy atom. The van der Waals surface area contributed by atoms with Gasteiger partial charge < -0.3 is 10.6 Å². The fraction of sp³-hybridized carbons (Fsp3) is 0.550. The van der Waals surface area contributed by atoms with Crippen molar-refractivity contribution in [2.75, 3.05) is 18.0 Å². The Kier molecular flexibility index (Phi) is 6.02. The first-order valence-electron chi connectivity index (χ1n) is 9.81. The Bertz CT molecular complexity index is 854. The van der Waals surface area contributed by atoms with E-state index in [0.717, 1.165) is 40.4 Å². The van der Waals surface area contributed by atoms with Crippen molar-refractivity contribution in [3.63, 3.8) is 0 Å². The van der Waals surface area contributed by atoms with Crippen LogP contribution in [0.1, 0.15) is 44.7 Å². The van der Waals surface area contributed by atoms with Gasteiger partial charge in [0.25, 0.3) is 0 Å². The van der Waals surface area contributed by atoms with Crippen molar-refractivity contribution in [2.45, 2.75) is 55.5 Å². The van der Waals surface area contributed by atoms with Crippen molar-refractivity contribution < 1.29 is 0 Å². The third-order valence-electron chi connectivity index (χ3n) is 6.45.